The van der Waals surface area contributed by atoms with E-state index in [1.807, 2.05) is 36.4 Å². The van der Waals surface area contributed by atoms with E-state index < -0.39 is 10.0 Å². The van der Waals surface area contributed by atoms with E-state index in [4.69, 9.17) is 10.00 Å². The van der Waals surface area contributed by atoms with Gasteiger partial charge in [0.2, 0.25) is 10.0 Å². The van der Waals surface area contributed by atoms with Gasteiger partial charge in [-0.15, -0.1) is 0 Å². The van der Waals surface area contributed by atoms with E-state index >= 15 is 0 Å². The van der Waals surface area contributed by atoms with E-state index in [9.17, 15) is 8.42 Å². The maximum atomic E-state index is 13.2. The molecule has 2 aromatic rings. The minimum absolute atomic E-state index is 0.0894. The molecule has 1 atom stereocenters. The van der Waals surface area contributed by atoms with Gasteiger partial charge in [-0.25, -0.2) is 8.42 Å². The molecule has 0 N–H and O–H groups in total. The molecule has 5 nitrogen and oxygen atoms in total. The van der Waals surface area contributed by atoms with E-state index in [1.165, 1.54) is 4.31 Å². The van der Waals surface area contributed by atoms with Crippen LogP contribution in [0.4, 0.5) is 0 Å². The molecular weight excluding hydrogens is 324 g/mol. The summed E-state index contributed by atoms with van der Waals surface area (Å²) in [4.78, 5) is 0.288. The SMILES string of the molecule is N#CCCN(CC1CCCO1)S(=O)(=O)c1cccc2ccccc12. The summed E-state index contributed by atoms with van der Waals surface area (Å²) in [5, 5.41) is 10.5. The van der Waals surface area contributed by atoms with Crippen LogP contribution in [0.3, 0.4) is 0 Å². The summed E-state index contributed by atoms with van der Waals surface area (Å²) < 4.78 is 33.4. The summed E-state index contributed by atoms with van der Waals surface area (Å²) in [6.07, 6.45) is 1.88. The van der Waals surface area contributed by atoms with Gasteiger partial charge in [-0.1, -0.05) is 36.4 Å². The summed E-state index contributed by atoms with van der Waals surface area (Å²) in [6.45, 7) is 1.15. The molecule has 0 spiro atoms. The smallest absolute Gasteiger partial charge is 0.243 e. The first-order valence-electron chi connectivity index (χ1n) is 8.09. The number of benzene rings is 2. The van der Waals surface area contributed by atoms with Crippen LogP contribution in [-0.2, 0) is 14.8 Å². The van der Waals surface area contributed by atoms with Crippen LogP contribution < -0.4 is 0 Å². The van der Waals surface area contributed by atoms with Crippen LogP contribution in [0.15, 0.2) is 47.4 Å². The zero-order valence-corrected chi connectivity index (χ0v) is 14.2. The van der Waals surface area contributed by atoms with Crippen molar-refractivity contribution in [3.8, 4) is 6.07 Å². The Balaban J connectivity index is 1.98. The van der Waals surface area contributed by atoms with Crippen LogP contribution >= 0.6 is 0 Å². The molecule has 0 radical (unpaired) electrons. The highest BCUT2D eigenvalue weighted by Crippen LogP contribution is 2.27. The Kier molecular flexibility index (Phi) is 5.14. The Hall–Kier alpha value is -1.94. The van der Waals surface area contributed by atoms with E-state index in [0.29, 0.717) is 18.5 Å². The largest absolute Gasteiger partial charge is 0.377 e. The molecule has 6 heteroatoms. The normalized spacial score (nSPS) is 18.1. The lowest BCUT2D eigenvalue weighted by Crippen LogP contribution is -2.38. The molecule has 2 aromatic carbocycles. The second-order valence-electron chi connectivity index (χ2n) is 5.88. The lowest BCUT2D eigenvalue weighted by atomic mass is 10.1. The molecule has 0 aromatic heterocycles. The molecule has 0 saturated carbocycles. The first kappa shape index (κ1) is 16.9. The predicted octanol–water partition coefficient (Wildman–Crippen LogP) is 2.92. The molecule has 126 valence electrons. The molecular formula is C18H20N2O3S. The zero-order valence-electron chi connectivity index (χ0n) is 13.4. The Bertz CT molecular complexity index is 847. The average molecular weight is 344 g/mol. The third-order valence-electron chi connectivity index (χ3n) is 4.27. The summed E-state index contributed by atoms with van der Waals surface area (Å²) in [7, 11) is -3.69. The van der Waals surface area contributed by atoms with Crippen molar-refractivity contribution in [1.29, 1.82) is 5.26 Å². The van der Waals surface area contributed by atoms with Gasteiger partial charge in [-0.3, -0.25) is 0 Å². The number of sulfonamides is 1. The van der Waals surface area contributed by atoms with Crippen molar-refractivity contribution in [1.82, 2.24) is 4.31 Å². The molecule has 1 fully saturated rings. The fourth-order valence-electron chi connectivity index (χ4n) is 3.06. The lowest BCUT2D eigenvalue weighted by molar-refractivity contribution is 0.0941. The van der Waals surface area contributed by atoms with Crippen molar-refractivity contribution in [2.75, 3.05) is 19.7 Å². The molecule has 1 aliphatic heterocycles. The first-order chi connectivity index (χ1) is 11.6. The minimum Gasteiger partial charge on any atom is -0.377 e. The van der Waals surface area contributed by atoms with Crippen molar-refractivity contribution in [3.05, 3.63) is 42.5 Å². The number of ether oxygens (including phenoxy) is 1. The van der Waals surface area contributed by atoms with Crippen molar-refractivity contribution in [2.24, 2.45) is 0 Å². The Morgan fingerprint density at radius 1 is 1.21 bits per heavy atom. The number of nitriles is 1. The summed E-state index contributed by atoms with van der Waals surface area (Å²) in [6, 6.07) is 14.8. The van der Waals surface area contributed by atoms with Gasteiger partial charge in [-0.05, 0) is 24.3 Å². The van der Waals surface area contributed by atoms with Gasteiger partial charge in [-0.2, -0.15) is 9.57 Å². The Morgan fingerprint density at radius 2 is 2.00 bits per heavy atom. The van der Waals surface area contributed by atoms with Crippen LogP contribution in [0, 0.1) is 11.3 Å². The van der Waals surface area contributed by atoms with Crippen molar-refractivity contribution in [2.45, 2.75) is 30.3 Å². The highest BCUT2D eigenvalue weighted by molar-refractivity contribution is 7.89. The summed E-state index contributed by atoms with van der Waals surface area (Å²) in [5.74, 6) is 0. The molecule has 1 unspecified atom stereocenters. The number of rotatable bonds is 6. The highest BCUT2D eigenvalue weighted by Gasteiger charge is 2.29. The molecule has 3 rings (SSSR count). The second-order valence-corrected chi connectivity index (χ2v) is 7.79. The fourth-order valence-corrected chi connectivity index (χ4v) is 4.75. The second kappa shape index (κ2) is 7.31. The Labute approximate surface area is 142 Å². The van der Waals surface area contributed by atoms with Crippen molar-refractivity contribution < 1.29 is 13.2 Å². The number of fused-ring (bicyclic) bond motifs is 1. The topological polar surface area (TPSA) is 70.4 Å². The lowest BCUT2D eigenvalue weighted by Gasteiger charge is -2.24. The minimum atomic E-state index is -3.69. The molecule has 1 heterocycles. The fraction of sp³-hybridized carbons (Fsp3) is 0.389. The number of hydrogen-bond donors (Lipinski definition) is 0. The van der Waals surface area contributed by atoms with Crippen molar-refractivity contribution >= 4 is 20.8 Å². The van der Waals surface area contributed by atoms with Crippen LogP contribution in [0.5, 0.6) is 0 Å². The van der Waals surface area contributed by atoms with E-state index in [-0.39, 0.29) is 24.0 Å². The monoisotopic (exact) mass is 344 g/mol. The van der Waals surface area contributed by atoms with Gasteiger partial charge in [0, 0.05) is 31.5 Å². The van der Waals surface area contributed by atoms with Gasteiger partial charge in [0.05, 0.1) is 17.1 Å². The zero-order chi connectivity index (χ0) is 17.0. The van der Waals surface area contributed by atoms with E-state index in [2.05, 4.69) is 0 Å². The summed E-state index contributed by atoms with van der Waals surface area (Å²) >= 11 is 0. The van der Waals surface area contributed by atoms with Crippen LogP contribution in [0.2, 0.25) is 0 Å². The third-order valence-corrected chi connectivity index (χ3v) is 6.20. The molecule has 1 saturated heterocycles. The maximum absolute atomic E-state index is 13.2. The van der Waals surface area contributed by atoms with Crippen molar-refractivity contribution in [3.63, 3.8) is 0 Å². The van der Waals surface area contributed by atoms with Gasteiger partial charge in [0.1, 0.15) is 0 Å². The molecule has 0 aliphatic carbocycles. The number of hydrogen-bond acceptors (Lipinski definition) is 4. The van der Waals surface area contributed by atoms with E-state index in [0.717, 1.165) is 18.2 Å². The third kappa shape index (κ3) is 3.44. The van der Waals surface area contributed by atoms with Gasteiger partial charge >= 0.3 is 0 Å². The maximum Gasteiger partial charge on any atom is 0.243 e. The predicted molar refractivity (Wildman–Crippen MR) is 91.9 cm³/mol. The quantitative estimate of drug-likeness (QED) is 0.808. The Morgan fingerprint density at radius 3 is 2.75 bits per heavy atom. The molecule has 0 amide bonds. The van der Waals surface area contributed by atoms with E-state index in [1.54, 1.807) is 12.1 Å². The van der Waals surface area contributed by atoms with Gasteiger partial charge in [0.25, 0.3) is 0 Å². The molecule has 1 aliphatic rings. The van der Waals surface area contributed by atoms with Crippen LogP contribution in [0.1, 0.15) is 19.3 Å². The molecule has 0 bridgehead atoms. The van der Waals surface area contributed by atoms with Gasteiger partial charge < -0.3 is 4.74 Å². The highest BCUT2D eigenvalue weighted by atomic mass is 32.2. The van der Waals surface area contributed by atoms with Crippen LogP contribution in [-0.4, -0.2) is 38.5 Å². The first-order valence-corrected chi connectivity index (χ1v) is 9.53. The standard InChI is InChI=1S/C18H20N2O3S/c19-11-5-12-20(14-16-8-4-13-23-16)24(21,22)18-10-3-7-15-6-1-2-9-17(15)18/h1-3,6-7,9-10,16H,4-5,8,12-14H2. The number of nitrogens with zero attached hydrogens (tertiary/aromatic N) is 2. The van der Waals surface area contributed by atoms with Gasteiger partial charge in [0.15, 0.2) is 0 Å². The van der Waals surface area contributed by atoms with Crippen LogP contribution in [0.25, 0.3) is 10.8 Å². The summed E-state index contributed by atoms with van der Waals surface area (Å²) in [5.41, 5.74) is 0. The molecule has 24 heavy (non-hydrogen) atoms. The average Bonchev–Trinajstić information content (AvgIpc) is 3.11.